The molecule has 1 aliphatic rings. The van der Waals surface area contributed by atoms with E-state index in [1.54, 1.807) is 0 Å². The zero-order valence-electron chi connectivity index (χ0n) is 11.1. The first-order valence-electron chi connectivity index (χ1n) is 6.41. The van der Waals surface area contributed by atoms with Crippen LogP contribution in [0.3, 0.4) is 0 Å². The highest BCUT2D eigenvalue weighted by molar-refractivity contribution is 5.44. The molecule has 18 heavy (non-hydrogen) atoms. The van der Waals surface area contributed by atoms with E-state index in [9.17, 15) is 5.11 Å². The molecule has 0 fully saturated rings. The van der Waals surface area contributed by atoms with Gasteiger partial charge in [-0.2, -0.15) is 0 Å². The predicted octanol–water partition coefficient (Wildman–Crippen LogP) is 1.88. The normalized spacial score (nSPS) is 17.6. The molecule has 0 saturated carbocycles. The number of aliphatic hydroxyl groups excluding tert-OH is 1. The third-order valence-electron chi connectivity index (χ3n) is 2.98. The van der Waals surface area contributed by atoms with Gasteiger partial charge in [0.2, 0.25) is 0 Å². The van der Waals surface area contributed by atoms with Crippen molar-refractivity contribution in [3.8, 4) is 11.5 Å². The SMILES string of the molecule is CC(C)NC(C)C(O)c1ccc2c(c1)OCCO2. The molecule has 4 nitrogen and oxygen atoms in total. The highest BCUT2D eigenvalue weighted by Crippen LogP contribution is 2.33. The molecule has 0 bridgehead atoms. The average molecular weight is 251 g/mol. The maximum Gasteiger partial charge on any atom is 0.161 e. The number of ether oxygens (including phenoxy) is 2. The van der Waals surface area contributed by atoms with Crippen molar-refractivity contribution in [3.63, 3.8) is 0 Å². The first-order valence-corrected chi connectivity index (χ1v) is 6.41. The molecule has 0 aliphatic carbocycles. The second-order valence-electron chi connectivity index (χ2n) is 4.96. The van der Waals surface area contributed by atoms with E-state index in [1.807, 2.05) is 25.1 Å². The van der Waals surface area contributed by atoms with Crippen LogP contribution in [0.15, 0.2) is 18.2 Å². The van der Waals surface area contributed by atoms with Gasteiger partial charge in [-0.05, 0) is 24.6 Å². The van der Waals surface area contributed by atoms with Crippen LogP contribution < -0.4 is 14.8 Å². The molecule has 0 radical (unpaired) electrons. The minimum absolute atomic E-state index is 0.00689. The Labute approximate surface area is 108 Å². The van der Waals surface area contributed by atoms with E-state index in [4.69, 9.17) is 9.47 Å². The molecule has 2 rings (SSSR count). The number of nitrogens with one attached hydrogen (secondary N) is 1. The molecule has 0 amide bonds. The number of rotatable bonds is 4. The van der Waals surface area contributed by atoms with Crippen LogP contribution in [0.5, 0.6) is 11.5 Å². The van der Waals surface area contributed by atoms with E-state index < -0.39 is 6.10 Å². The molecule has 1 aliphatic heterocycles. The zero-order chi connectivity index (χ0) is 13.1. The van der Waals surface area contributed by atoms with Gasteiger partial charge in [-0.15, -0.1) is 0 Å². The number of hydrogen-bond donors (Lipinski definition) is 2. The first-order chi connectivity index (χ1) is 8.58. The van der Waals surface area contributed by atoms with Crippen molar-refractivity contribution in [1.82, 2.24) is 5.32 Å². The Hall–Kier alpha value is -1.26. The van der Waals surface area contributed by atoms with E-state index >= 15 is 0 Å². The summed E-state index contributed by atoms with van der Waals surface area (Å²) < 4.78 is 11.0. The van der Waals surface area contributed by atoms with E-state index in [2.05, 4.69) is 19.2 Å². The fraction of sp³-hybridized carbons (Fsp3) is 0.571. The highest BCUT2D eigenvalue weighted by atomic mass is 16.6. The molecule has 0 saturated heterocycles. The van der Waals surface area contributed by atoms with E-state index in [1.165, 1.54) is 0 Å². The van der Waals surface area contributed by atoms with Crippen LogP contribution >= 0.6 is 0 Å². The Morgan fingerprint density at radius 1 is 1.11 bits per heavy atom. The van der Waals surface area contributed by atoms with E-state index in [0.29, 0.717) is 19.3 Å². The quantitative estimate of drug-likeness (QED) is 0.858. The third-order valence-corrected chi connectivity index (χ3v) is 2.98. The lowest BCUT2D eigenvalue weighted by Crippen LogP contribution is -2.37. The van der Waals surface area contributed by atoms with Crippen LogP contribution in [0.2, 0.25) is 0 Å². The van der Waals surface area contributed by atoms with Gasteiger partial charge in [0.1, 0.15) is 13.2 Å². The van der Waals surface area contributed by atoms with Crippen molar-refractivity contribution in [2.24, 2.45) is 0 Å². The van der Waals surface area contributed by atoms with Crippen molar-refractivity contribution in [2.45, 2.75) is 39.0 Å². The van der Waals surface area contributed by atoms with Crippen LogP contribution in [0.25, 0.3) is 0 Å². The number of aliphatic hydroxyl groups is 1. The molecule has 0 aromatic heterocycles. The Morgan fingerprint density at radius 3 is 2.44 bits per heavy atom. The van der Waals surface area contributed by atoms with Gasteiger partial charge in [-0.1, -0.05) is 19.9 Å². The number of fused-ring (bicyclic) bond motifs is 1. The minimum Gasteiger partial charge on any atom is -0.486 e. The Balaban J connectivity index is 2.12. The van der Waals surface area contributed by atoms with Gasteiger partial charge < -0.3 is 19.9 Å². The summed E-state index contributed by atoms with van der Waals surface area (Å²) in [6.45, 7) is 7.24. The molecular weight excluding hydrogens is 230 g/mol. The first kappa shape index (κ1) is 13.2. The van der Waals surface area contributed by atoms with Crippen molar-refractivity contribution < 1.29 is 14.6 Å². The third kappa shape index (κ3) is 2.94. The number of hydrogen-bond acceptors (Lipinski definition) is 4. The number of benzene rings is 1. The molecule has 2 unspecified atom stereocenters. The maximum absolute atomic E-state index is 10.3. The molecule has 100 valence electrons. The van der Waals surface area contributed by atoms with Crippen LogP contribution in [-0.2, 0) is 0 Å². The summed E-state index contributed by atoms with van der Waals surface area (Å²) in [6, 6.07) is 5.93. The van der Waals surface area contributed by atoms with Gasteiger partial charge in [0, 0.05) is 12.1 Å². The monoisotopic (exact) mass is 251 g/mol. The molecule has 2 N–H and O–H groups in total. The van der Waals surface area contributed by atoms with E-state index in [-0.39, 0.29) is 6.04 Å². The Bertz CT molecular complexity index is 406. The lowest BCUT2D eigenvalue weighted by atomic mass is 10.0. The van der Waals surface area contributed by atoms with Gasteiger partial charge in [0.25, 0.3) is 0 Å². The smallest absolute Gasteiger partial charge is 0.161 e. The summed E-state index contributed by atoms with van der Waals surface area (Å²) in [5, 5.41) is 13.6. The molecular formula is C14H21NO3. The highest BCUT2D eigenvalue weighted by Gasteiger charge is 2.20. The summed E-state index contributed by atoms with van der Waals surface area (Å²) >= 11 is 0. The summed E-state index contributed by atoms with van der Waals surface area (Å²) in [5.41, 5.74) is 0.847. The molecule has 1 aromatic carbocycles. The van der Waals surface area contributed by atoms with Gasteiger partial charge in [-0.25, -0.2) is 0 Å². The van der Waals surface area contributed by atoms with Crippen LogP contribution in [0, 0.1) is 0 Å². The minimum atomic E-state index is -0.553. The standard InChI is InChI=1S/C14H21NO3/c1-9(2)15-10(3)14(16)11-4-5-12-13(8-11)18-7-6-17-12/h4-5,8-10,14-16H,6-7H2,1-3H3. The van der Waals surface area contributed by atoms with Crippen molar-refractivity contribution in [1.29, 1.82) is 0 Å². The van der Waals surface area contributed by atoms with Gasteiger partial charge in [0.15, 0.2) is 11.5 Å². The largest absolute Gasteiger partial charge is 0.486 e. The topological polar surface area (TPSA) is 50.7 Å². The average Bonchev–Trinajstić information content (AvgIpc) is 2.36. The molecule has 2 atom stereocenters. The molecule has 1 aromatic rings. The van der Waals surface area contributed by atoms with E-state index in [0.717, 1.165) is 17.1 Å². The molecule has 4 heteroatoms. The van der Waals surface area contributed by atoms with Gasteiger partial charge in [0.05, 0.1) is 6.10 Å². The van der Waals surface area contributed by atoms with Gasteiger partial charge in [-0.3, -0.25) is 0 Å². The summed E-state index contributed by atoms with van der Waals surface area (Å²) in [7, 11) is 0. The molecule has 1 heterocycles. The predicted molar refractivity (Wildman–Crippen MR) is 70.1 cm³/mol. The van der Waals surface area contributed by atoms with Crippen molar-refractivity contribution >= 4 is 0 Å². The molecule has 0 spiro atoms. The van der Waals surface area contributed by atoms with Gasteiger partial charge >= 0.3 is 0 Å². The fourth-order valence-electron chi connectivity index (χ4n) is 2.15. The summed E-state index contributed by atoms with van der Waals surface area (Å²) in [4.78, 5) is 0. The Morgan fingerprint density at radius 2 is 1.78 bits per heavy atom. The Kier molecular flexibility index (Phi) is 4.09. The zero-order valence-corrected chi connectivity index (χ0v) is 11.1. The van der Waals surface area contributed by atoms with Crippen LogP contribution in [0.4, 0.5) is 0 Å². The lowest BCUT2D eigenvalue weighted by Gasteiger charge is -2.24. The van der Waals surface area contributed by atoms with Crippen molar-refractivity contribution in [3.05, 3.63) is 23.8 Å². The van der Waals surface area contributed by atoms with Crippen LogP contribution in [0.1, 0.15) is 32.4 Å². The second kappa shape index (κ2) is 5.59. The lowest BCUT2D eigenvalue weighted by molar-refractivity contribution is 0.129. The second-order valence-corrected chi connectivity index (χ2v) is 4.96. The fourth-order valence-corrected chi connectivity index (χ4v) is 2.15. The summed E-state index contributed by atoms with van der Waals surface area (Å²) in [5.74, 6) is 1.47. The maximum atomic E-state index is 10.3. The summed E-state index contributed by atoms with van der Waals surface area (Å²) in [6.07, 6.45) is -0.553. The van der Waals surface area contributed by atoms with Crippen molar-refractivity contribution in [2.75, 3.05) is 13.2 Å². The van der Waals surface area contributed by atoms with Crippen LogP contribution in [-0.4, -0.2) is 30.4 Å².